The molecule has 4 aromatic rings. The third-order valence-corrected chi connectivity index (χ3v) is 7.45. The summed E-state index contributed by atoms with van der Waals surface area (Å²) < 4.78 is 39.0. The summed E-state index contributed by atoms with van der Waals surface area (Å²) in [7, 11) is 0. The number of ether oxygens (including phenoxy) is 1. The second-order valence-electron chi connectivity index (χ2n) is 10.9. The van der Waals surface area contributed by atoms with Crippen molar-refractivity contribution >= 4 is 11.7 Å². The first-order valence-electron chi connectivity index (χ1n) is 13.8. The molecule has 0 radical (unpaired) electrons. The molecule has 0 bridgehead atoms. The molecule has 0 spiro atoms. The number of halogens is 2. The van der Waals surface area contributed by atoms with Crippen LogP contribution in [0, 0.1) is 24.5 Å². The Balaban J connectivity index is 1.69. The van der Waals surface area contributed by atoms with Gasteiger partial charge in [-0.05, 0) is 43.0 Å². The number of fused-ring (bicyclic) bond motifs is 1. The van der Waals surface area contributed by atoms with Crippen LogP contribution in [-0.4, -0.2) is 33.9 Å². The van der Waals surface area contributed by atoms with Crippen LogP contribution >= 0.6 is 0 Å². The maximum absolute atomic E-state index is 15.8. The topological polar surface area (TPSA) is 85.4 Å². The van der Waals surface area contributed by atoms with Gasteiger partial charge in [0.05, 0.1) is 23.7 Å². The van der Waals surface area contributed by atoms with Gasteiger partial charge in [-0.25, -0.2) is 18.3 Å². The monoisotopic (exact) mass is 559 g/mol. The van der Waals surface area contributed by atoms with Crippen LogP contribution < -0.4 is 15.8 Å². The number of nitrogens with two attached hydrogens (primary N) is 1. The van der Waals surface area contributed by atoms with Gasteiger partial charge in [0.15, 0.2) is 0 Å². The molecule has 0 fully saturated rings. The molecular weight excluding hydrogens is 524 g/mol. The Bertz CT molecular complexity index is 1570. The molecular formula is C32H35F2N5O2. The number of carbonyl (C=O) groups excluding carboxylic acids is 1. The molecule has 1 aromatic heterocycles. The van der Waals surface area contributed by atoms with Crippen LogP contribution in [-0.2, 0) is 13.0 Å². The number of aromatic nitrogens is 2. The van der Waals surface area contributed by atoms with E-state index in [0.29, 0.717) is 42.6 Å². The number of anilines is 1. The van der Waals surface area contributed by atoms with Crippen molar-refractivity contribution in [3.63, 3.8) is 0 Å². The van der Waals surface area contributed by atoms with E-state index in [0.717, 1.165) is 35.5 Å². The van der Waals surface area contributed by atoms with Crippen LogP contribution in [0.1, 0.15) is 49.2 Å². The van der Waals surface area contributed by atoms with Gasteiger partial charge in [-0.2, -0.15) is 5.10 Å². The van der Waals surface area contributed by atoms with Crippen LogP contribution in [0.25, 0.3) is 16.9 Å². The predicted molar refractivity (Wildman–Crippen MR) is 156 cm³/mol. The Labute approximate surface area is 238 Å². The number of hydrogen-bond donors (Lipinski definition) is 2. The molecule has 2 heterocycles. The lowest BCUT2D eigenvalue weighted by atomic mass is 9.97. The van der Waals surface area contributed by atoms with E-state index >= 15 is 8.78 Å². The summed E-state index contributed by atoms with van der Waals surface area (Å²) in [5.41, 5.74) is 9.73. The summed E-state index contributed by atoms with van der Waals surface area (Å²) in [5, 5.41) is 7.14. The number of benzene rings is 3. The molecule has 1 aliphatic rings. The number of carbonyl (C=O) groups is 1. The van der Waals surface area contributed by atoms with E-state index in [-0.39, 0.29) is 17.3 Å². The zero-order valence-electron chi connectivity index (χ0n) is 23.7. The molecule has 3 N–H and O–H groups in total. The normalized spacial score (nSPS) is 14.1. The SMILES string of the molecule is Cc1cccc(OCC(C)C)c1-n1nc2c(c1-c1cc(F)c(NC(N)=O)cc1F)CN(C(C)c1ccccc1)CC2. The Morgan fingerprint density at radius 1 is 1.07 bits per heavy atom. The van der Waals surface area contributed by atoms with Gasteiger partial charge in [0.1, 0.15) is 23.1 Å². The minimum Gasteiger partial charge on any atom is -0.491 e. The van der Waals surface area contributed by atoms with Crippen LogP contribution in [0.5, 0.6) is 5.75 Å². The van der Waals surface area contributed by atoms with Crippen molar-refractivity contribution in [2.45, 2.75) is 46.7 Å². The van der Waals surface area contributed by atoms with Gasteiger partial charge in [0, 0.05) is 42.7 Å². The van der Waals surface area contributed by atoms with Gasteiger partial charge in [-0.3, -0.25) is 4.90 Å². The largest absolute Gasteiger partial charge is 0.491 e. The summed E-state index contributed by atoms with van der Waals surface area (Å²) >= 11 is 0. The molecule has 7 nitrogen and oxygen atoms in total. The molecule has 5 rings (SSSR count). The van der Waals surface area contributed by atoms with Crippen molar-refractivity contribution in [2.75, 3.05) is 18.5 Å². The first kappa shape index (κ1) is 28.3. The van der Waals surface area contributed by atoms with Crippen LogP contribution in [0.4, 0.5) is 19.3 Å². The van der Waals surface area contributed by atoms with Crippen molar-refractivity contribution in [3.8, 4) is 22.7 Å². The highest BCUT2D eigenvalue weighted by Crippen LogP contribution is 2.40. The number of aryl methyl sites for hydroxylation is 1. The maximum atomic E-state index is 15.8. The lowest BCUT2D eigenvalue weighted by Crippen LogP contribution is -2.32. The summed E-state index contributed by atoms with van der Waals surface area (Å²) in [6.07, 6.45) is 0.645. The van der Waals surface area contributed by atoms with Crippen molar-refractivity contribution in [1.29, 1.82) is 0 Å². The Morgan fingerprint density at radius 3 is 2.54 bits per heavy atom. The van der Waals surface area contributed by atoms with E-state index in [2.05, 4.69) is 43.1 Å². The highest BCUT2D eigenvalue weighted by atomic mass is 19.1. The van der Waals surface area contributed by atoms with E-state index in [1.54, 1.807) is 4.68 Å². The highest BCUT2D eigenvalue weighted by molar-refractivity contribution is 5.88. The predicted octanol–water partition coefficient (Wildman–Crippen LogP) is 6.77. The minimum atomic E-state index is -0.976. The van der Waals surface area contributed by atoms with Crippen molar-refractivity contribution < 1.29 is 18.3 Å². The molecule has 0 aliphatic carbocycles. The number of para-hydroxylation sites is 1. The standard InChI is InChI=1S/C32H35F2N5O2/c1-19(2)18-41-29-12-8-9-20(3)30(29)39-31(23-15-26(34)28(16-25(23)33)36-32(35)40)24-17-38(14-13-27(24)37-39)21(4)22-10-6-5-7-11-22/h5-12,15-16,19,21H,13-14,17-18H2,1-4H3,(H3,35,36,40). The summed E-state index contributed by atoms with van der Waals surface area (Å²) in [4.78, 5) is 13.7. The fourth-order valence-corrected chi connectivity index (χ4v) is 5.34. The van der Waals surface area contributed by atoms with Crippen molar-refractivity contribution in [3.05, 3.63) is 94.7 Å². The fourth-order valence-electron chi connectivity index (χ4n) is 5.34. The summed E-state index contributed by atoms with van der Waals surface area (Å²) in [6.45, 7) is 9.98. The lowest BCUT2D eigenvalue weighted by Gasteiger charge is -2.32. The first-order valence-corrected chi connectivity index (χ1v) is 13.8. The average Bonchev–Trinajstić information content (AvgIpc) is 3.31. The van der Waals surface area contributed by atoms with Gasteiger partial charge in [0.2, 0.25) is 0 Å². The van der Waals surface area contributed by atoms with Crippen molar-refractivity contribution in [1.82, 2.24) is 14.7 Å². The molecule has 0 saturated heterocycles. The maximum Gasteiger partial charge on any atom is 0.316 e. The van der Waals surface area contributed by atoms with Gasteiger partial charge in [-0.15, -0.1) is 0 Å². The number of hydrogen-bond acceptors (Lipinski definition) is 4. The molecule has 3 aromatic carbocycles. The fraction of sp³-hybridized carbons (Fsp3) is 0.312. The first-order chi connectivity index (χ1) is 19.6. The summed E-state index contributed by atoms with van der Waals surface area (Å²) in [6, 6.07) is 17.1. The molecule has 41 heavy (non-hydrogen) atoms. The second kappa shape index (κ2) is 11.7. The zero-order chi connectivity index (χ0) is 29.3. The molecule has 2 amide bonds. The number of nitrogens with zero attached hydrogens (tertiary/aromatic N) is 3. The van der Waals surface area contributed by atoms with Gasteiger partial charge in [-0.1, -0.05) is 56.3 Å². The smallest absolute Gasteiger partial charge is 0.316 e. The number of primary amides is 1. The van der Waals surface area contributed by atoms with Crippen LogP contribution in [0.3, 0.4) is 0 Å². The Hall–Kier alpha value is -4.24. The van der Waals surface area contributed by atoms with Gasteiger partial charge < -0.3 is 15.8 Å². The second-order valence-corrected chi connectivity index (χ2v) is 10.9. The number of urea groups is 1. The zero-order valence-corrected chi connectivity index (χ0v) is 23.7. The third kappa shape index (κ3) is 5.81. The van der Waals surface area contributed by atoms with Crippen LogP contribution in [0.15, 0.2) is 60.7 Å². The highest BCUT2D eigenvalue weighted by Gasteiger charge is 2.31. The molecule has 9 heteroatoms. The number of rotatable bonds is 8. The van der Waals surface area contributed by atoms with E-state index < -0.39 is 17.7 Å². The van der Waals surface area contributed by atoms with Gasteiger partial charge >= 0.3 is 6.03 Å². The Morgan fingerprint density at radius 2 is 1.83 bits per heavy atom. The van der Waals surface area contributed by atoms with E-state index in [1.807, 2.05) is 43.3 Å². The Kier molecular flexibility index (Phi) is 8.08. The molecule has 1 aliphatic heterocycles. The molecule has 0 saturated carbocycles. The van der Waals surface area contributed by atoms with E-state index in [4.69, 9.17) is 15.6 Å². The van der Waals surface area contributed by atoms with E-state index in [1.165, 1.54) is 5.56 Å². The van der Waals surface area contributed by atoms with E-state index in [9.17, 15) is 4.79 Å². The van der Waals surface area contributed by atoms with Gasteiger partial charge in [0.25, 0.3) is 0 Å². The lowest BCUT2D eigenvalue weighted by molar-refractivity contribution is 0.192. The molecule has 214 valence electrons. The quantitative estimate of drug-likeness (QED) is 0.250. The number of amides is 2. The van der Waals surface area contributed by atoms with Crippen LogP contribution in [0.2, 0.25) is 0 Å². The number of nitrogens with one attached hydrogen (secondary N) is 1. The minimum absolute atomic E-state index is 0.0403. The summed E-state index contributed by atoms with van der Waals surface area (Å²) in [5.74, 6) is -0.598. The molecule has 1 unspecified atom stereocenters. The van der Waals surface area contributed by atoms with Crippen molar-refractivity contribution in [2.24, 2.45) is 11.7 Å². The third-order valence-electron chi connectivity index (χ3n) is 7.45. The molecule has 1 atom stereocenters. The average molecular weight is 560 g/mol.